The van der Waals surface area contributed by atoms with Crippen LogP contribution in [0, 0.1) is 5.82 Å². The third-order valence-corrected chi connectivity index (χ3v) is 2.66. The molecular formula is C8H9FO3S. The first-order chi connectivity index (χ1) is 5.96. The highest BCUT2D eigenvalue weighted by Gasteiger charge is 2.18. The Morgan fingerprint density at radius 2 is 2.00 bits per heavy atom. The maximum atomic E-state index is 13.1. The van der Waals surface area contributed by atoms with Gasteiger partial charge in [-0.1, -0.05) is 6.07 Å². The van der Waals surface area contributed by atoms with Gasteiger partial charge in [-0.15, -0.1) is 0 Å². The zero-order valence-electron chi connectivity index (χ0n) is 7.24. The van der Waals surface area contributed by atoms with Gasteiger partial charge in [-0.3, -0.25) is 0 Å². The largest absolute Gasteiger partial charge is 0.495 e. The Kier molecular flexibility index (Phi) is 2.56. The van der Waals surface area contributed by atoms with E-state index in [2.05, 4.69) is 0 Å². The number of halogens is 1. The van der Waals surface area contributed by atoms with E-state index in [-0.39, 0.29) is 5.75 Å². The molecule has 1 aromatic carbocycles. The minimum Gasteiger partial charge on any atom is -0.495 e. The van der Waals surface area contributed by atoms with Gasteiger partial charge < -0.3 is 4.74 Å². The van der Waals surface area contributed by atoms with E-state index in [1.165, 1.54) is 19.2 Å². The van der Waals surface area contributed by atoms with Crippen molar-refractivity contribution in [1.82, 2.24) is 0 Å². The van der Waals surface area contributed by atoms with Gasteiger partial charge in [0.1, 0.15) is 16.5 Å². The lowest BCUT2D eigenvalue weighted by molar-refractivity contribution is 0.395. The Hall–Kier alpha value is -1.10. The van der Waals surface area contributed by atoms with E-state index in [9.17, 15) is 12.8 Å². The highest BCUT2D eigenvalue weighted by atomic mass is 32.2. The van der Waals surface area contributed by atoms with Crippen molar-refractivity contribution in [3.63, 3.8) is 0 Å². The van der Waals surface area contributed by atoms with Crippen LogP contribution in [0.15, 0.2) is 23.1 Å². The van der Waals surface area contributed by atoms with Crippen molar-refractivity contribution in [2.45, 2.75) is 4.90 Å². The maximum Gasteiger partial charge on any atom is 0.182 e. The number of rotatable bonds is 2. The molecule has 0 unspecified atom stereocenters. The van der Waals surface area contributed by atoms with Crippen LogP contribution in [0.5, 0.6) is 5.75 Å². The quantitative estimate of drug-likeness (QED) is 0.727. The van der Waals surface area contributed by atoms with E-state index in [4.69, 9.17) is 4.74 Å². The molecule has 0 fully saturated rings. The Morgan fingerprint density at radius 1 is 1.38 bits per heavy atom. The monoisotopic (exact) mass is 204 g/mol. The lowest BCUT2D eigenvalue weighted by Gasteiger charge is -2.06. The summed E-state index contributed by atoms with van der Waals surface area (Å²) in [5.41, 5.74) is 0. The fraction of sp³-hybridized carbons (Fsp3) is 0.250. The van der Waals surface area contributed by atoms with E-state index < -0.39 is 20.5 Å². The highest BCUT2D eigenvalue weighted by molar-refractivity contribution is 7.90. The second kappa shape index (κ2) is 3.33. The van der Waals surface area contributed by atoms with Crippen LogP contribution in [0.3, 0.4) is 0 Å². The van der Waals surface area contributed by atoms with Gasteiger partial charge in [0, 0.05) is 6.26 Å². The molecule has 0 bridgehead atoms. The van der Waals surface area contributed by atoms with Crippen LogP contribution in [0.2, 0.25) is 0 Å². The summed E-state index contributed by atoms with van der Waals surface area (Å²) >= 11 is 0. The van der Waals surface area contributed by atoms with Crippen molar-refractivity contribution >= 4 is 9.84 Å². The van der Waals surface area contributed by atoms with E-state index in [1.807, 2.05) is 0 Å². The fourth-order valence-corrected chi connectivity index (χ4v) is 1.95. The minimum atomic E-state index is -3.58. The molecule has 0 aliphatic rings. The van der Waals surface area contributed by atoms with E-state index >= 15 is 0 Å². The summed E-state index contributed by atoms with van der Waals surface area (Å²) in [5.74, 6) is -0.760. The van der Waals surface area contributed by atoms with Crippen molar-refractivity contribution < 1.29 is 17.5 Å². The average Bonchev–Trinajstić information content (AvgIpc) is 2.01. The van der Waals surface area contributed by atoms with Crippen LogP contribution in [0.1, 0.15) is 0 Å². The molecule has 0 saturated heterocycles. The van der Waals surface area contributed by atoms with Crippen LogP contribution in [-0.4, -0.2) is 21.8 Å². The Bertz CT molecular complexity index is 411. The molecule has 0 saturated carbocycles. The summed E-state index contributed by atoms with van der Waals surface area (Å²) in [5, 5.41) is 0. The minimum absolute atomic E-state index is 0.0301. The smallest absolute Gasteiger partial charge is 0.182 e. The van der Waals surface area contributed by atoms with Crippen molar-refractivity contribution in [3.05, 3.63) is 24.0 Å². The second-order valence-electron chi connectivity index (χ2n) is 2.54. The zero-order valence-corrected chi connectivity index (χ0v) is 8.06. The van der Waals surface area contributed by atoms with E-state index in [0.717, 1.165) is 12.3 Å². The molecule has 0 N–H and O–H groups in total. The van der Waals surface area contributed by atoms with Gasteiger partial charge in [-0.25, -0.2) is 12.8 Å². The topological polar surface area (TPSA) is 43.4 Å². The van der Waals surface area contributed by atoms with Crippen molar-refractivity contribution in [3.8, 4) is 5.75 Å². The van der Waals surface area contributed by atoms with Crippen molar-refractivity contribution in [2.75, 3.05) is 13.4 Å². The third-order valence-electron chi connectivity index (χ3n) is 1.52. The Balaban J connectivity index is 3.50. The summed E-state index contributed by atoms with van der Waals surface area (Å²) in [6.45, 7) is 0. The SMILES string of the molecule is COc1cccc(F)c1S(C)(=O)=O. The molecule has 0 radical (unpaired) electrons. The number of hydrogen-bond donors (Lipinski definition) is 0. The maximum absolute atomic E-state index is 13.1. The van der Waals surface area contributed by atoms with Crippen molar-refractivity contribution in [1.29, 1.82) is 0 Å². The molecule has 0 aliphatic heterocycles. The average molecular weight is 204 g/mol. The Labute approximate surface area is 76.1 Å². The zero-order chi connectivity index (χ0) is 10.1. The summed E-state index contributed by atoms with van der Waals surface area (Å²) in [4.78, 5) is -0.391. The molecule has 0 aliphatic carbocycles. The standard InChI is InChI=1S/C8H9FO3S/c1-12-7-5-3-4-6(9)8(7)13(2,10)11/h3-5H,1-2H3. The van der Waals surface area contributed by atoms with Gasteiger partial charge in [-0.05, 0) is 12.1 Å². The number of hydrogen-bond acceptors (Lipinski definition) is 3. The molecule has 0 spiro atoms. The second-order valence-corrected chi connectivity index (χ2v) is 4.50. The van der Waals surface area contributed by atoms with Gasteiger partial charge in [-0.2, -0.15) is 0 Å². The molecule has 3 nitrogen and oxygen atoms in total. The van der Waals surface area contributed by atoms with Gasteiger partial charge in [0.2, 0.25) is 0 Å². The van der Waals surface area contributed by atoms with Crippen LogP contribution < -0.4 is 4.74 Å². The first kappa shape index (κ1) is 9.98. The van der Waals surface area contributed by atoms with E-state index in [0.29, 0.717) is 0 Å². The highest BCUT2D eigenvalue weighted by Crippen LogP contribution is 2.25. The molecule has 0 amide bonds. The molecule has 72 valence electrons. The van der Waals surface area contributed by atoms with Gasteiger partial charge in [0.25, 0.3) is 0 Å². The number of ether oxygens (including phenoxy) is 1. The summed E-state index contributed by atoms with van der Waals surface area (Å²) in [7, 11) is -2.28. The summed E-state index contributed by atoms with van der Waals surface area (Å²) in [6, 6.07) is 3.88. The molecule has 1 rings (SSSR count). The Morgan fingerprint density at radius 3 is 2.38 bits per heavy atom. The van der Waals surface area contributed by atoms with Crippen LogP contribution >= 0.6 is 0 Å². The first-order valence-electron chi connectivity index (χ1n) is 3.49. The number of benzene rings is 1. The molecule has 13 heavy (non-hydrogen) atoms. The van der Waals surface area contributed by atoms with Gasteiger partial charge in [0.15, 0.2) is 9.84 Å². The molecule has 0 aromatic heterocycles. The fourth-order valence-electron chi connectivity index (χ4n) is 1.01. The third kappa shape index (κ3) is 1.98. The lowest BCUT2D eigenvalue weighted by atomic mass is 10.3. The normalized spacial score (nSPS) is 11.3. The number of sulfone groups is 1. The van der Waals surface area contributed by atoms with Gasteiger partial charge >= 0.3 is 0 Å². The summed E-state index contributed by atoms with van der Waals surface area (Å²) in [6.07, 6.45) is 0.938. The first-order valence-corrected chi connectivity index (χ1v) is 5.38. The predicted octanol–water partition coefficient (Wildman–Crippen LogP) is 1.24. The van der Waals surface area contributed by atoms with E-state index in [1.54, 1.807) is 0 Å². The van der Waals surface area contributed by atoms with Crippen molar-refractivity contribution in [2.24, 2.45) is 0 Å². The predicted molar refractivity (Wildman–Crippen MR) is 46.1 cm³/mol. The summed E-state index contributed by atoms with van der Waals surface area (Å²) < 4.78 is 40.0. The van der Waals surface area contributed by atoms with Crippen LogP contribution in [-0.2, 0) is 9.84 Å². The van der Waals surface area contributed by atoms with Crippen LogP contribution in [0.25, 0.3) is 0 Å². The van der Waals surface area contributed by atoms with Crippen LogP contribution in [0.4, 0.5) is 4.39 Å². The molecule has 0 atom stereocenters. The lowest BCUT2D eigenvalue weighted by Crippen LogP contribution is -2.03. The molecular weight excluding hydrogens is 195 g/mol. The number of methoxy groups -OCH3 is 1. The van der Waals surface area contributed by atoms with Gasteiger partial charge in [0.05, 0.1) is 7.11 Å². The molecule has 0 heterocycles. The molecule has 1 aromatic rings. The molecule has 5 heteroatoms.